The third-order valence-electron chi connectivity index (χ3n) is 2.12. The quantitative estimate of drug-likeness (QED) is 0.671. The number of ether oxygens (including phenoxy) is 1. The fourth-order valence-electron chi connectivity index (χ4n) is 1.54. The predicted molar refractivity (Wildman–Crippen MR) is 52.4 cm³/mol. The van der Waals surface area contributed by atoms with Gasteiger partial charge < -0.3 is 4.74 Å². The molecule has 0 aliphatic carbocycles. The van der Waals surface area contributed by atoms with Crippen LogP contribution < -0.4 is 9.64 Å². The Bertz CT molecular complexity index is 363. The molecule has 74 valence electrons. The first kappa shape index (κ1) is 8.99. The lowest BCUT2D eigenvalue weighted by Crippen LogP contribution is -2.43. The van der Waals surface area contributed by atoms with Crippen molar-refractivity contribution >= 4 is 11.7 Å². The molecule has 0 aromatic carbocycles. The maximum absolute atomic E-state index is 11.6. The summed E-state index contributed by atoms with van der Waals surface area (Å²) < 4.78 is 5.26. The number of anilines is 1. The van der Waals surface area contributed by atoms with E-state index in [-0.39, 0.29) is 18.6 Å². The molecule has 14 heavy (non-hydrogen) atoms. The lowest BCUT2D eigenvalue weighted by molar-refractivity contribution is -0.121. The molecule has 1 amide bonds. The molecule has 0 saturated carbocycles. The average molecular weight is 192 g/mol. The molecule has 0 fully saturated rings. The van der Waals surface area contributed by atoms with E-state index in [9.17, 15) is 4.79 Å². The van der Waals surface area contributed by atoms with Crippen molar-refractivity contribution in [3.8, 4) is 5.75 Å². The van der Waals surface area contributed by atoms with Gasteiger partial charge in [0.05, 0.1) is 0 Å². The first-order chi connectivity index (χ1) is 6.70. The van der Waals surface area contributed by atoms with Crippen molar-refractivity contribution in [3.63, 3.8) is 0 Å². The zero-order valence-electron chi connectivity index (χ0n) is 8.23. The summed E-state index contributed by atoms with van der Waals surface area (Å²) >= 11 is 0. The third-order valence-corrected chi connectivity index (χ3v) is 2.12. The van der Waals surface area contributed by atoms with E-state index in [2.05, 4.69) is 4.98 Å². The minimum atomic E-state index is -0.0359. The van der Waals surface area contributed by atoms with Crippen LogP contribution in [-0.4, -0.2) is 23.5 Å². The number of carbonyl (C=O) groups is 1. The Kier molecular flexibility index (Phi) is 2.11. The number of aromatic nitrogens is 1. The lowest BCUT2D eigenvalue weighted by atomic mass is 10.2. The second kappa shape index (κ2) is 3.29. The highest BCUT2D eigenvalue weighted by Crippen LogP contribution is 2.30. The molecule has 1 aliphatic rings. The maximum atomic E-state index is 11.6. The number of rotatable bonds is 1. The van der Waals surface area contributed by atoms with Crippen LogP contribution in [0.15, 0.2) is 18.3 Å². The monoisotopic (exact) mass is 192 g/mol. The fraction of sp³-hybridized carbons (Fsp3) is 0.400. The molecule has 0 bridgehead atoms. The molecular formula is C10H12N2O2. The van der Waals surface area contributed by atoms with Crippen LogP contribution in [0, 0.1) is 0 Å². The van der Waals surface area contributed by atoms with Crippen LogP contribution in [-0.2, 0) is 4.79 Å². The van der Waals surface area contributed by atoms with E-state index in [0.717, 1.165) is 0 Å². The third kappa shape index (κ3) is 1.32. The summed E-state index contributed by atoms with van der Waals surface area (Å²) in [6.45, 7) is 4.03. The molecule has 4 heteroatoms. The lowest BCUT2D eigenvalue weighted by Gasteiger charge is -2.30. The number of fused-ring (bicyclic) bond motifs is 1. The Morgan fingerprint density at radius 3 is 3.07 bits per heavy atom. The van der Waals surface area contributed by atoms with Crippen molar-refractivity contribution < 1.29 is 9.53 Å². The van der Waals surface area contributed by atoms with Crippen LogP contribution in [0.4, 0.5) is 5.82 Å². The zero-order chi connectivity index (χ0) is 10.1. The van der Waals surface area contributed by atoms with Crippen molar-refractivity contribution in [2.75, 3.05) is 11.5 Å². The number of nitrogens with zero attached hydrogens (tertiary/aromatic N) is 2. The van der Waals surface area contributed by atoms with Gasteiger partial charge >= 0.3 is 0 Å². The smallest absolute Gasteiger partial charge is 0.266 e. The number of amides is 1. The van der Waals surface area contributed by atoms with Crippen LogP contribution in [0.1, 0.15) is 13.8 Å². The molecule has 1 aromatic heterocycles. The normalized spacial score (nSPS) is 15.4. The summed E-state index contributed by atoms with van der Waals surface area (Å²) in [7, 11) is 0. The summed E-state index contributed by atoms with van der Waals surface area (Å²) in [6, 6.07) is 3.73. The summed E-state index contributed by atoms with van der Waals surface area (Å²) in [5.74, 6) is 1.27. The van der Waals surface area contributed by atoms with Crippen LogP contribution >= 0.6 is 0 Å². The minimum Gasteiger partial charge on any atom is -0.480 e. The molecule has 1 aliphatic heterocycles. The van der Waals surface area contributed by atoms with Crippen molar-refractivity contribution in [1.82, 2.24) is 4.98 Å². The SMILES string of the molecule is CC(C)N1C(=O)COc2cccnc21. The molecule has 2 rings (SSSR count). The molecule has 0 atom stereocenters. The topological polar surface area (TPSA) is 42.4 Å². The number of hydrogen-bond acceptors (Lipinski definition) is 3. The van der Waals surface area contributed by atoms with E-state index in [1.807, 2.05) is 19.9 Å². The van der Waals surface area contributed by atoms with E-state index in [1.165, 1.54) is 0 Å². The van der Waals surface area contributed by atoms with E-state index in [1.54, 1.807) is 17.2 Å². The Morgan fingerprint density at radius 1 is 1.57 bits per heavy atom. The largest absolute Gasteiger partial charge is 0.480 e. The van der Waals surface area contributed by atoms with Gasteiger partial charge in [0.25, 0.3) is 5.91 Å². The molecule has 1 aromatic rings. The highest BCUT2D eigenvalue weighted by molar-refractivity contribution is 5.97. The fourth-order valence-corrected chi connectivity index (χ4v) is 1.54. The Hall–Kier alpha value is -1.58. The van der Waals surface area contributed by atoms with Crippen LogP contribution in [0.3, 0.4) is 0 Å². The van der Waals surface area contributed by atoms with Crippen molar-refractivity contribution in [2.24, 2.45) is 0 Å². The van der Waals surface area contributed by atoms with Crippen LogP contribution in [0.2, 0.25) is 0 Å². The molecule has 0 saturated heterocycles. The van der Waals surface area contributed by atoms with E-state index in [4.69, 9.17) is 4.74 Å². The molecule has 0 N–H and O–H groups in total. The van der Waals surface area contributed by atoms with Crippen molar-refractivity contribution in [2.45, 2.75) is 19.9 Å². The van der Waals surface area contributed by atoms with Gasteiger partial charge in [-0.05, 0) is 26.0 Å². The number of carbonyl (C=O) groups excluding carboxylic acids is 1. The van der Waals surface area contributed by atoms with Gasteiger partial charge in [-0.2, -0.15) is 0 Å². The van der Waals surface area contributed by atoms with Gasteiger partial charge in [-0.15, -0.1) is 0 Å². The van der Waals surface area contributed by atoms with Gasteiger partial charge in [-0.25, -0.2) is 4.98 Å². The molecule has 2 heterocycles. The molecule has 0 radical (unpaired) electrons. The molecule has 4 nitrogen and oxygen atoms in total. The van der Waals surface area contributed by atoms with Crippen molar-refractivity contribution in [3.05, 3.63) is 18.3 Å². The standard InChI is InChI=1S/C10H12N2O2/c1-7(2)12-9(13)6-14-8-4-3-5-11-10(8)12/h3-5,7H,6H2,1-2H3. The van der Waals surface area contributed by atoms with Gasteiger partial charge in [0.15, 0.2) is 18.2 Å². The van der Waals surface area contributed by atoms with Gasteiger partial charge in [-0.1, -0.05) is 0 Å². The highest BCUT2D eigenvalue weighted by atomic mass is 16.5. The van der Waals surface area contributed by atoms with Gasteiger partial charge in [0.1, 0.15) is 0 Å². The van der Waals surface area contributed by atoms with Crippen molar-refractivity contribution in [1.29, 1.82) is 0 Å². The summed E-state index contributed by atoms with van der Waals surface area (Å²) in [4.78, 5) is 17.4. The number of hydrogen-bond donors (Lipinski definition) is 0. The summed E-state index contributed by atoms with van der Waals surface area (Å²) in [5.41, 5.74) is 0. The average Bonchev–Trinajstić information content (AvgIpc) is 2.17. The predicted octanol–water partition coefficient (Wildman–Crippen LogP) is 1.22. The van der Waals surface area contributed by atoms with E-state index >= 15 is 0 Å². The zero-order valence-corrected chi connectivity index (χ0v) is 8.23. The summed E-state index contributed by atoms with van der Waals surface area (Å²) in [5, 5.41) is 0. The molecule has 0 unspecified atom stereocenters. The number of pyridine rings is 1. The van der Waals surface area contributed by atoms with Gasteiger partial charge in [0, 0.05) is 12.2 Å². The van der Waals surface area contributed by atoms with E-state index in [0.29, 0.717) is 11.6 Å². The maximum Gasteiger partial charge on any atom is 0.266 e. The highest BCUT2D eigenvalue weighted by Gasteiger charge is 2.28. The molecular weight excluding hydrogens is 180 g/mol. The Balaban J connectivity index is 2.46. The second-order valence-electron chi connectivity index (χ2n) is 3.47. The minimum absolute atomic E-state index is 0.0359. The summed E-state index contributed by atoms with van der Waals surface area (Å²) in [6.07, 6.45) is 1.66. The Morgan fingerprint density at radius 2 is 2.36 bits per heavy atom. The molecule has 0 spiro atoms. The first-order valence-corrected chi connectivity index (χ1v) is 4.60. The van der Waals surface area contributed by atoms with Gasteiger partial charge in [-0.3, -0.25) is 9.69 Å². The second-order valence-corrected chi connectivity index (χ2v) is 3.47. The Labute approximate surface area is 82.5 Å². The first-order valence-electron chi connectivity index (χ1n) is 4.60. The van der Waals surface area contributed by atoms with E-state index < -0.39 is 0 Å². The van der Waals surface area contributed by atoms with Crippen LogP contribution in [0.25, 0.3) is 0 Å². The van der Waals surface area contributed by atoms with Crippen LogP contribution in [0.5, 0.6) is 5.75 Å². The van der Waals surface area contributed by atoms with Gasteiger partial charge in [0.2, 0.25) is 0 Å².